The number of nitrogens with zero attached hydrogens (tertiary/aromatic N) is 1. The number of carbonyl (C=O) groups excluding carboxylic acids is 1. The summed E-state index contributed by atoms with van der Waals surface area (Å²) in [6.07, 6.45) is 3.78. The second-order valence-electron chi connectivity index (χ2n) is 6.43. The van der Waals surface area contributed by atoms with Crippen LogP contribution in [-0.2, 0) is 11.2 Å². The van der Waals surface area contributed by atoms with Gasteiger partial charge in [-0.3, -0.25) is 4.79 Å². The zero-order valence-electron chi connectivity index (χ0n) is 14.1. The normalized spacial score (nSPS) is 17.2. The molecule has 0 aliphatic carbocycles. The number of aryl methyl sites for hydroxylation is 1. The summed E-state index contributed by atoms with van der Waals surface area (Å²) in [4.78, 5) is 14.9. The Bertz CT molecular complexity index is 667. The molecule has 24 heavy (non-hydrogen) atoms. The van der Waals surface area contributed by atoms with E-state index in [0.717, 1.165) is 30.6 Å². The van der Waals surface area contributed by atoms with E-state index in [4.69, 9.17) is 5.73 Å². The fourth-order valence-electron chi connectivity index (χ4n) is 3.28. The number of amides is 1. The molecule has 0 radical (unpaired) electrons. The van der Waals surface area contributed by atoms with Crippen LogP contribution in [0.4, 0.5) is 5.69 Å². The maximum atomic E-state index is 12.8. The molecule has 128 valence electrons. The topological polar surface area (TPSA) is 46.3 Å². The van der Waals surface area contributed by atoms with E-state index in [1.54, 1.807) is 0 Å². The van der Waals surface area contributed by atoms with Crippen LogP contribution in [0.5, 0.6) is 0 Å². The molecule has 1 fully saturated rings. The number of hydrogen-bond donors (Lipinski definition) is 1. The summed E-state index contributed by atoms with van der Waals surface area (Å²) in [5, 5.41) is 0. The first-order valence-electron chi connectivity index (χ1n) is 8.34. The van der Waals surface area contributed by atoms with Crippen LogP contribution in [0, 0.1) is 6.92 Å². The van der Waals surface area contributed by atoms with Crippen molar-refractivity contribution in [1.82, 2.24) is 4.90 Å². The highest BCUT2D eigenvalue weighted by Crippen LogP contribution is 2.31. The van der Waals surface area contributed by atoms with Gasteiger partial charge in [0.05, 0.1) is 12.5 Å². The lowest BCUT2D eigenvalue weighted by Crippen LogP contribution is -2.39. The Hall–Kier alpha value is -2.00. The first-order chi connectivity index (χ1) is 11.1. The Morgan fingerprint density at radius 3 is 2.42 bits per heavy atom. The van der Waals surface area contributed by atoms with Crippen molar-refractivity contribution in [1.29, 1.82) is 0 Å². The Kier molecular flexibility index (Phi) is 6.27. The van der Waals surface area contributed by atoms with Crippen LogP contribution >= 0.6 is 12.4 Å². The highest BCUT2D eigenvalue weighted by Gasteiger charge is 2.27. The molecule has 0 spiro atoms. The van der Waals surface area contributed by atoms with Crippen LogP contribution in [0.1, 0.15) is 42.0 Å². The van der Waals surface area contributed by atoms with Gasteiger partial charge >= 0.3 is 0 Å². The molecule has 1 saturated heterocycles. The van der Waals surface area contributed by atoms with E-state index in [1.807, 2.05) is 24.3 Å². The number of benzene rings is 2. The van der Waals surface area contributed by atoms with Gasteiger partial charge in [0.25, 0.3) is 0 Å². The fraction of sp³-hybridized carbons (Fsp3) is 0.350. The second-order valence-corrected chi connectivity index (χ2v) is 6.43. The quantitative estimate of drug-likeness (QED) is 0.844. The highest BCUT2D eigenvalue weighted by atomic mass is 35.5. The van der Waals surface area contributed by atoms with Crippen molar-refractivity contribution >= 4 is 24.0 Å². The summed E-state index contributed by atoms with van der Waals surface area (Å²) in [5.74, 6) is 0.208. The average molecular weight is 345 g/mol. The predicted octanol–water partition coefficient (Wildman–Crippen LogP) is 4.30. The molecule has 0 bridgehead atoms. The molecule has 2 aromatic rings. The van der Waals surface area contributed by atoms with Gasteiger partial charge in [-0.2, -0.15) is 0 Å². The Morgan fingerprint density at radius 1 is 1.08 bits per heavy atom. The van der Waals surface area contributed by atoms with Crippen LogP contribution in [0.2, 0.25) is 0 Å². The Balaban J connectivity index is 0.00000208. The van der Waals surface area contributed by atoms with Gasteiger partial charge in [0.1, 0.15) is 0 Å². The van der Waals surface area contributed by atoms with Gasteiger partial charge in [-0.1, -0.05) is 42.0 Å². The standard InChI is InChI=1S/C20H24N2O.ClH/c1-15-5-9-17(10-6-15)19-4-2-3-13-22(19)20(23)14-16-7-11-18(21)12-8-16;/h5-12,19H,2-4,13-14,21H2,1H3;1H. The lowest BCUT2D eigenvalue weighted by Gasteiger charge is -2.36. The fourth-order valence-corrected chi connectivity index (χ4v) is 3.28. The zero-order valence-corrected chi connectivity index (χ0v) is 14.9. The van der Waals surface area contributed by atoms with E-state index in [2.05, 4.69) is 36.1 Å². The maximum Gasteiger partial charge on any atom is 0.227 e. The van der Waals surface area contributed by atoms with E-state index in [1.165, 1.54) is 17.5 Å². The number of halogens is 1. The third kappa shape index (κ3) is 4.30. The van der Waals surface area contributed by atoms with Gasteiger partial charge < -0.3 is 10.6 Å². The van der Waals surface area contributed by atoms with Gasteiger partial charge in [-0.05, 0) is 49.4 Å². The van der Waals surface area contributed by atoms with Gasteiger partial charge in [0.15, 0.2) is 0 Å². The van der Waals surface area contributed by atoms with Crippen LogP contribution in [0.3, 0.4) is 0 Å². The van der Waals surface area contributed by atoms with Crippen LogP contribution in [-0.4, -0.2) is 17.4 Å². The molecule has 1 atom stereocenters. The molecular formula is C20H25ClN2O. The van der Waals surface area contributed by atoms with E-state index in [-0.39, 0.29) is 24.4 Å². The minimum Gasteiger partial charge on any atom is -0.399 e. The van der Waals surface area contributed by atoms with Gasteiger partial charge in [0, 0.05) is 12.2 Å². The van der Waals surface area contributed by atoms with E-state index >= 15 is 0 Å². The molecule has 3 nitrogen and oxygen atoms in total. The number of piperidine rings is 1. The summed E-state index contributed by atoms with van der Waals surface area (Å²) in [6.45, 7) is 2.95. The summed E-state index contributed by atoms with van der Waals surface area (Å²) in [6, 6.07) is 16.4. The number of nitrogen functional groups attached to an aromatic ring is 1. The van der Waals surface area contributed by atoms with Crippen LogP contribution in [0.15, 0.2) is 48.5 Å². The molecule has 0 saturated carbocycles. The molecule has 4 heteroatoms. The minimum atomic E-state index is 0. The number of carbonyl (C=O) groups is 1. The zero-order chi connectivity index (χ0) is 16.2. The van der Waals surface area contributed by atoms with Crippen molar-refractivity contribution in [2.45, 2.75) is 38.6 Å². The maximum absolute atomic E-state index is 12.8. The molecule has 2 aromatic carbocycles. The first-order valence-corrected chi connectivity index (χ1v) is 8.34. The van der Waals surface area contributed by atoms with Crippen LogP contribution < -0.4 is 5.73 Å². The van der Waals surface area contributed by atoms with Crippen molar-refractivity contribution in [2.75, 3.05) is 12.3 Å². The van der Waals surface area contributed by atoms with Crippen molar-refractivity contribution in [2.24, 2.45) is 0 Å². The molecule has 0 aromatic heterocycles. The predicted molar refractivity (Wildman–Crippen MR) is 101 cm³/mol. The summed E-state index contributed by atoms with van der Waals surface area (Å²) in [7, 11) is 0. The lowest BCUT2D eigenvalue weighted by atomic mass is 9.94. The smallest absolute Gasteiger partial charge is 0.227 e. The molecule has 1 amide bonds. The number of anilines is 1. The van der Waals surface area contributed by atoms with Gasteiger partial charge in [0.2, 0.25) is 5.91 Å². The van der Waals surface area contributed by atoms with E-state index in [0.29, 0.717) is 6.42 Å². The lowest BCUT2D eigenvalue weighted by molar-refractivity contribution is -0.134. The van der Waals surface area contributed by atoms with E-state index in [9.17, 15) is 4.79 Å². The Labute approximate surface area is 150 Å². The molecule has 2 N–H and O–H groups in total. The summed E-state index contributed by atoms with van der Waals surface area (Å²) >= 11 is 0. The largest absolute Gasteiger partial charge is 0.399 e. The van der Waals surface area contributed by atoms with Crippen molar-refractivity contribution in [3.63, 3.8) is 0 Å². The van der Waals surface area contributed by atoms with Crippen molar-refractivity contribution in [3.05, 3.63) is 65.2 Å². The number of rotatable bonds is 3. The van der Waals surface area contributed by atoms with Crippen LogP contribution in [0.25, 0.3) is 0 Å². The number of likely N-dealkylation sites (tertiary alicyclic amines) is 1. The third-order valence-corrected chi connectivity index (χ3v) is 4.62. The molecule has 1 aliphatic rings. The van der Waals surface area contributed by atoms with Gasteiger partial charge in [-0.25, -0.2) is 0 Å². The van der Waals surface area contributed by atoms with Crippen molar-refractivity contribution in [3.8, 4) is 0 Å². The monoisotopic (exact) mass is 344 g/mol. The summed E-state index contributed by atoms with van der Waals surface area (Å²) < 4.78 is 0. The van der Waals surface area contributed by atoms with E-state index < -0.39 is 0 Å². The average Bonchev–Trinajstić information content (AvgIpc) is 2.58. The molecule has 1 aliphatic heterocycles. The first kappa shape index (κ1) is 18.3. The number of nitrogens with two attached hydrogens (primary N) is 1. The molecular weight excluding hydrogens is 320 g/mol. The van der Waals surface area contributed by atoms with Gasteiger partial charge in [-0.15, -0.1) is 12.4 Å². The summed E-state index contributed by atoms with van der Waals surface area (Å²) in [5.41, 5.74) is 9.98. The molecule has 1 unspecified atom stereocenters. The SMILES string of the molecule is Cc1ccc(C2CCCCN2C(=O)Cc2ccc(N)cc2)cc1.Cl. The Morgan fingerprint density at radius 2 is 1.75 bits per heavy atom. The highest BCUT2D eigenvalue weighted by molar-refractivity contribution is 5.85. The van der Waals surface area contributed by atoms with Crippen molar-refractivity contribution < 1.29 is 4.79 Å². The number of hydrogen-bond acceptors (Lipinski definition) is 2. The molecule has 3 rings (SSSR count). The second kappa shape index (κ2) is 8.20. The molecule has 1 heterocycles. The third-order valence-electron chi connectivity index (χ3n) is 4.62. The minimum absolute atomic E-state index is 0.